The van der Waals surface area contributed by atoms with E-state index in [1.54, 1.807) is 30.3 Å². The number of nitrogens with zero attached hydrogens (tertiary/aromatic N) is 2. The summed E-state index contributed by atoms with van der Waals surface area (Å²) in [6.45, 7) is 0.509. The highest BCUT2D eigenvalue weighted by Gasteiger charge is 2.30. The van der Waals surface area contributed by atoms with Gasteiger partial charge in [0.25, 0.3) is 5.91 Å². The van der Waals surface area contributed by atoms with Crippen molar-refractivity contribution in [2.45, 2.75) is 19.5 Å². The fourth-order valence-electron chi connectivity index (χ4n) is 3.18. The van der Waals surface area contributed by atoms with Gasteiger partial charge in [0.15, 0.2) is 0 Å². The molecule has 0 radical (unpaired) electrons. The summed E-state index contributed by atoms with van der Waals surface area (Å²) in [5.41, 5.74) is 2.73. The molecule has 0 saturated heterocycles. The lowest BCUT2D eigenvalue weighted by molar-refractivity contribution is -0.115. The first-order chi connectivity index (χ1) is 14.1. The number of H-pyrrole nitrogens is 1. The first-order valence-corrected chi connectivity index (χ1v) is 9.15. The van der Waals surface area contributed by atoms with Crippen LogP contribution in [-0.2, 0) is 24.3 Å². The van der Waals surface area contributed by atoms with Crippen molar-refractivity contribution < 1.29 is 14.4 Å². The maximum Gasteiger partial charge on any atom is 0.324 e. The number of hydrogen-bond donors (Lipinski definition) is 3. The Labute approximate surface area is 166 Å². The zero-order valence-corrected chi connectivity index (χ0v) is 15.5. The lowest BCUT2D eigenvalue weighted by Gasteiger charge is -2.16. The maximum absolute atomic E-state index is 12.4. The van der Waals surface area contributed by atoms with Crippen LogP contribution in [0, 0.1) is 0 Å². The van der Waals surface area contributed by atoms with E-state index in [2.05, 4.69) is 20.8 Å². The van der Waals surface area contributed by atoms with Crippen LogP contribution in [0.3, 0.4) is 0 Å². The van der Waals surface area contributed by atoms with Gasteiger partial charge in [-0.1, -0.05) is 48.5 Å². The highest BCUT2D eigenvalue weighted by molar-refractivity contribution is 6.04. The summed E-state index contributed by atoms with van der Waals surface area (Å²) in [5.74, 6) is -0.159. The normalized spacial score (nSPS) is 12.3. The number of rotatable bonds is 4. The van der Waals surface area contributed by atoms with Crippen molar-refractivity contribution in [1.82, 2.24) is 20.4 Å². The van der Waals surface area contributed by atoms with Gasteiger partial charge in [-0.15, -0.1) is 0 Å². The van der Waals surface area contributed by atoms with Gasteiger partial charge in [-0.05, 0) is 17.7 Å². The van der Waals surface area contributed by atoms with Crippen LogP contribution in [0.4, 0.5) is 10.6 Å². The number of carbonyl (C=O) groups is 3. The minimum Gasteiger partial charge on any atom is -0.314 e. The van der Waals surface area contributed by atoms with Gasteiger partial charge < -0.3 is 10.2 Å². The van der Waals surface area contributed by atoms with Crippen LogP contribution >= 0.6 is 0 Å². The number of fused-ring (bicyclic) bond motifs is 1. The molecular weight excluding hydrogens is 370 g/mol. The number of amides is 4. The molecule has 8 heteroatoms. The zero-order valence-electron chi connectivity index (χ0n) is 15.5. The van der Waals surface area contributed by atoms with Gasteiger partial charge in [-0.25, -0.2) is 4.79 Å². The van der Waals surface area contributed by atoms with Crippen LogP contribution in [0.1, 0.15) is 27.2 Å². The third-order valence-corrected chi connectivity index (χ3v) is 4.66. The van der Waals surface area contributed by atoms with Crippen molar-refractivity contribution in [3.63, 3.8) is 0 Å². The molecule has 0 unspecified atom stereocenters. The van der Waals surface area contributed by atoms with Gasteiger partial charge >= 0.3 is 6.03 Å². The molecule has 1 aliphatic heterocycles. The Morgan fingerprint density at radius 3 is 2.38 bits per heavy atom. The molecule has 2 aromatic carbocycles. The third kappa shape index (κ3) is 4.16. The van der Waals surface area contributed by atoms with Gasteiger partial charge in [0.05, 0.1) is 25.2 Å². The van der Waals surface area contributed by atoms with E-state index in [0.717, 1.165) is 11.1 Å². The van der Waals surface area contributed by atoms with Crippen molar-refractivity contribution in [2.24, 2.45) is 0 Å². The highest BCUT2D eigenvalue weighted by atomic mass is 16.2. The molecule has 4 amide bonds. The molecule has 0 fully saturated rings. The molecule has 4 rings (SSSR count). The quantitative estimate of drug-likeness (QED) is 0.637. The SMILES string of the molecule is O=C(Cc1ccccc1)Nc1[nH]nc2c1CN(C(=O)NC(=O)c1ccccc1)C2. The summed E-state index contributed by atoms with van der Waals surface area (Å²) < 4.78 is 0. The molecule has 0 atom stereocenters. The van der Waals surface area contributed by atoms with Gasteiger partial charge in [-0.2, -0.15) is 5.10 Å². The Bertz CT molecular complexity index is 1050. The lowest BCUT2D eigenvalue weighted by atomic mass is 10.1. The number of hydrogen-bond acceptors (Lipinski definition) is 4. The molecule has 0 spiro atoms. The van der Waals surface area contributed by atoms with E-state index in [-0.39, 0.29) is 25.4 Å². The molecule has 0 aliphatic carbocycles. The van der Waals surface area contributed by atoms with Crippen molar-refractivity contribution >= 4 is 23.7 Å². The van der Waals surface area contributed by atoms with Gasteiger partial charge in [0.2, 0.25) is 5.91 Å². The minimum atomic E-state index is -0.501. The number of benzene rings is 2. The van der Waals surface area contributed by atoms with Crippen LogP contribution in [-0.4, -0.2) is 32.9 Å². The van der Waals surface area contributed by atoms with Crippen LogP contribution in [0.15, 0.2) is 60.7 Å². The van der Waals surface area contributed by atoms with Crippen LogP contribution in [0.25, 0.3) is 0 Å². The topological polar surface area (TPSA) is 107 Å². The Balaban J connectivity index is 1.36. The summed E-state index contributed by atoms with van der Waals surface area (Å²) in [7, 11) is 0. The van der Waals surface area contributed by atoms with Gasteiger partial charge in [-0.3, -0.25) is 20.0 Å². The van der Waals surface area contributed by atoms with Crippen LogP contribution < -0.4 is 10.6 Å². The van der Waals surface area contributed by atoms with Crippen LogP contribution in [0.2, 0.25) is 0 Å². The van der Waals surface area contributed by atoms with Crippen molar-refractivity contribution in [1.29, 1.82) is 0 Å². The van der Waals surface area contributed by atoms with E-state index in [1.807, 2.05) is 30.3 Å². The van der Waals surface area contributed by atoms with E-state index in [1.165, 1.54) is 4.90 Å². The second-order valence-corrected chi connectivity index (χ2v) is 6.72. The summed E-state index contributed by atoms with van der Waals surface area (Å²) in [5, 5.41) is 12.2. The minimum absolute atomic E-state index is 0.176. The predicted octanol–water partition coefficient (Wildman–Crippen LogP) is 2.46. The largest absolute Gasteiger partial charge is 0.324 e. The van der Waals surface area contributed by atoms with Crippen LogP contribution in [0.5, 0.6) is 0 Å². The van der Waals surface area contributed by atoms with Crippen molar-refractivity contribution in [2.75, 3.05) is 5.32 Å². The van der Waals surface area contributed by atoms with E-state index < -0.39 is 11.9 Å². The molecule has 0 saturated carbocycles. The van der Waals surface area contributed by atoms with E-state index >= 15 is 0 Å². The van der Waals surface area contributed by atoms with Crippen molar-refractivity contribution in [3.8, 4) is 0 Å². The molecule has 8 nitrogen and oxygen atoms in total. The lowest BCUT2D eigenvalue weighted by Crippen LogP contribution is -2.40. The monoisotopic (exact) mass is 389 g/mol. The molecule has 3 aromatic rings. The molecule has 1 aromatic heterocycles. The first-order valence-electron chi connectivity index (χ1n) is 9.15. The average molecular weight is 389 g/mol. The standard InChI is InChI=1S/C21H19N5O3/c27-18(11-14-7-3-1-4-8-14)22-19-16-12-26(13-17(16)24-25-19)21(29)23-20(28)15-9-5-2-6-10-15/h1-10H,11-13H2,(H,23,28,29)(H2,22,24,25,27). The van der Waals surface area contributed by atoms with E-state index in [9.17, 15) is 14.4 Å². The number of aromatic amines is 1. The first kappa shape index (κ1) is 18.4. The summed E-state index contributed by atoms with van der Waals surface area (Å²) in [6, 6.07) is 17.4. The molecule has 0 bridgehead atoms. The molecular formula is C21H19N5O3. The number of carbonyl (C=O) groups excluding carboxylic acids is 3. The second-order valence-electron chi connectivity index (χ2n) is 6.72. The molecule has 1 aliphatic rings. The Morgan fingerprint density at radius 2 is 1.66 bits per heavy atom. The Kier molecular flexibility index (Phi) is 5.07. The fourth-order valence-corrected chi connectivity index (χ4v) is 3.18. The smallest absolute Gasteiger partial charge is 0.314 e. The number of imide groups is 1. The van der Waals surface area contributed by atoms with E-state index in [4.69, 9.17) is 0 Å². The average Bonchev–Trinajstić information content (AvgIpc) is 3.31. The number of nitrogens with one attached hydrogen (secondary N) is 3. The Hall–Kier alpha value is -3.94. The fraction of sp³-hybridized carbons (Fsp3) is 0.143. The third-order valence-electron chi connectivity index (χ3n) is 4.66. The maximum atomic E-state index is 12.4. The van der Waals surface area contributed by atoms with Gasteiger partial charge in [0.1, 0.15) is 5.82 Å². The Morgan fingerprint density at radius 1 is 0.966 bits per heavy atom. The molecule has 3 N–H and O–H groups in total. The number of urea groups is 1. The molecule has 146 valence electrons. The molecule has 29 heavy (non-hydrogen) atoms. The second kappa shape index (κ2) is 7.97. The van der Waals surface area contributed by atoms with Crippen molar-refractivity contribution in [3.05, 3.63) is 83.0 Å². The highest BCUT2D eigenvalue weighted by Crippen LogP contribution is 2.27. The molecule has 2 heterocycles. The predicted molar refractivity (Wildman–Crippen MR) is 106 cm³/mol. The number of anilines is 1. The van der Waals surface area contributed by atoms with Gasteiger partial charge in [0, 0.05) is 11.1 Å². The summed E-state index contributed by atoms with van der Waals surface area (Å²) in [4.78, 5) is 38.4. The zero-order chi connectivity index (χ0) is 20.2. The summed E-state index contributed by atoms with van der Waals surface area (Å²) in [6.07, 6.45) is 0.240. The van der Waals surface area contributed by atoms with E-state index in [0.29, 0.717) is 17.1 Å². The number of aromatic nitrogens is 2. The summed E-state index contributed by atoms with van der Waals surface area (Å²) >= 11 is 0.